The Morgan fingerprint density at radius 3 is 2.28 bits per heavy atom. The summed E-state index contributed by atoms with van der Waals surface area (Å²) in [5.41, 5.74) is -1.16. The van der Waals surface area contributed by atoms with Gasteiger partial charge in [-0.05, 0) is 12.8 Å². The van der Waals surface area contributed by atoms with Crippen molar-refractivity contribution < 1.29 is 31.4 Å². The van der Waals surface area contributed by atoms with Gasteiger partial charge in [-0.1, -0.05) is 0 Å². The lowest BCUT2D eigenvalue weighted by Gasteiger charge is -2.35. The molecule has 0 aliphatic carbocycles. The van der Waals surface area contributed by atoms with Gasteiger partial charge in [0.25, 0.3) is 10.2 Å². The van der Waals surface area contributed by atoms with Crippen LogP contribution in [0, 0.1) is 0 Å². The highest BCUT2D eigenvalue weighted by Crippen LogP contribution is 2.21. The first-order chi connectivity index (χ1) is 8.18. The first-order valence-corrected chi connectivity index (χ1v) is 6.70. The number of rotatable bonds is 5. The van der Waals surface area contributed by atoms with Crippen molar-refractivity contribution in [3.63, 3.8) is 0 Å². The lowest BCUT2D eigenvalue weighted by molar-refractivity contribution is -0.121. The maximum absolute atomic E-state index is 11.9. The highest BCUT2D eigenvalue weighted by Gasteiger charge is 2.37. The molecule has 0 unspecified atom stereocenters. The van der Waals surface area contributed by atoms with E-state index < -0.39 is 35.1 Å². The molecule has 0 spiro atoms. The molecule has 18 heavy (non-hydrogen) atoms. The van der Waals surface area contributed by atoms with Crippen LogP contribution >= 0.6 is 0 Å². The number of alkyl halides is 3. The van der Waals surface area contributed by atoms with E-state index in [1.807, 2.05) is 0 Å². The normalized spacial score (nSPS) is 20.9. The molecule has 0 radical (unpaired) electrons. The van der Waals surface area contributed by atoms with Crippen LogP contribution in [0.3, 0.4) is 0 Å². The smallest absolute Gasteiger partial charge is 0.394 e. The second-order valence-corrected chi connectivity index (χ2v) is 5.59. The largest absolute Gasteiger partial charge is 0.402 e. The monoisotopic (exact) mass is 292 g/mol. The molecule has 6 nitrogen and oxygen atoms in total. The van der Waals surface area contributed by atoms with Crippen molar-refractivity contribution in [1.29, 1.82) is 0 Å². The molecule has 3 N–H and O–H groups in total. The predicted molar refractivity (Wildman–Crippen MR) is 56.0 cm³/mol. The van der Waals surface area contributed by atoms with E-state index in [1.165, 1.54) is 4.72 Å². The van der Waals surface area contributed by atoms with Gasteiger partial charge in [0.1, 0.15) is 6.54 Å². The Bertz CT molecular complexity index is 365. The van der Waals surface area contributed by atoms with E-state index in [1.54, 1.807) is 0 Å². The average molecular weight is 292 g/mol. The van der Waals surface area contributed by atoms with Crippen molar-refractivity contribution in [2.45, 2.75) is 24.6 Å². The minimum absolute atomic E-state index is 0.205. The first kappa shape index (κ1) is 15.6. The second kappa shape index (κ2) is 5.70. The van der Waals surface area contributed by atoms with Crippen LogP contribution in [0.2, 0.25) is 0 Å². The molecule has 0 amide bonds. The third-order valence-electron chi connectivity index (χ3n) is 2.57. The summed E-state index contributed by atoms with van der Waals surface area (Å²) in [6, 6.07) is 0. The van der Waals surface area contributed by atoms with Crippen LogP contribution in [-0.4, -0.2) is 51.6 Å². The maximum Gasteiger partial charge on any atom is 0.402 e. The molecule has 1 aliphatic heterocycles. The molecule has 0 saturated carbocycles. The van der Waals surface area contributed by atoms with Crippen molar-refractivity contribution >= 4 is 10.2 Å². The topological polar surface area (TPSA) is 87.7 Å². The number of nitrogens with one attached hydrogen (secondary N) is 2. The number of aliphatic hydroxyl groups is 1. The van der Waals surface area contributed by atoms with E-state index in [0.717, 1.165) is 0 Å². The SMILES string of the molecule is O=S(=O)(NCC(F)(F)F)NC1(CO)CCOCC1. The van der Waals surface area contributed by atoms with E-state index in [4.69, 9.17) is 4.74 Å². The summed E-state index contributed by atoms with van der Waals surface area (Å²) in [6.07, 6.45) is -4.22. The lowest BCUT2D eigenvalue weighted by Crippen LogP contribution is -2.57. The summed E-state index contributed by atoms with van der Waals surface area (Å²) >= 11 is 0. The standard InChI is InChI=1S/C8H15F3N2O4S/c9-8(10,11)5-12-18(15,16)13-7(6-14)1-3-17-4-2-7/h12-14H,1-6H2. The van der Waals surface area contributed by atoms with Crippen molar-refractivity contribution in [1.82, 2.24) is 9.44 Å². The highest BCUT2D eigenvalue weighted by molar-refractivity contribution is 7.87. The van der Waals surface area contributed by atoms with Crippen LogP contribution < -0.4 is 9.44 Å². The summed E-state index contributed by atoms with van der Waals surface area (Å²) in [4.78, 5) is 0. The van der Waals surface area contributed by atoms with E-state index in [2.05, 4.69) is 4.72 Å². The highest BCUT2D eigenvalue weighted by atomic mass is 32.2. The predicted octanol–water partition coefficient (Wildman–Crippen LogP) is -0.486. The van der Waals surface area contributed by atoms with Crippen molar-refractivity contribution in [3.8, 4) is 0 Å². The molecule has 1 heterocycles. The van der Waals surface area contributed by atoms with Gasteiger partial charge in [-0.3, -0.25) is 0 Å². The fourth-order valence-corrected chi connectivity index (χ4v) is 2.82. The molecule has 1 saturated heterocycles. The maximum atomic E-state index is 11.9. The Morgan fingerprint density at radius 2 is 1.83 bits per heavy atom. The summed E-state index contributed by atoms with van der Waals surface area (Å²) < 4.78 is 67.1. The molecule has 0 bridgehead atoms. The fraction of sp³-hybridized carbons (Fsp3) is 1.00. The van der Waals surface area contributed by atoms with Crippen molar-refractivity contribution in [3.05, 3.63) is 0 Å². The van der Waals surface area contributed by atoms with Crippen LogP contribution in [0.1, 0.15) is 12.8 Å². The van der Waals surface area contributed by atoms with Gasteiger partial charge >= 0.3 is 6.18 Å². The van der Waals surface area contributed by atoms with Crippen LogP contribution in [-0.2, 0) is 14.9 Å². The molecular formula is C8H15F3N2O4S. The van der Waals surface area contributed by atoms with Gasteiger partial charge in [0.2, 0.25) is 0 Å². The van der Waals surface area contributed by atoms with E-state index >= 15 is 0 Å². The van der Waals surface area contributed by atoms with E-state index in [0.29, 0.717) is 0 Å². The third kappa shape index (κ3) is 5.06. The number of hydrogen-bond acceptors (Lipinski definition) is 4. The second-order valence-electron chi connectivity index (χ2n) is 4.09. The van der Waals surface area contributed by atoms with Crippen molar-refractivity contribution in [2.24, 2.45) is 0 Å². The molecule has 0 aromatic heterocycles. The van der Waals surface area contributed by atoms with Crippen LogP contribution in [0.25, 0.3) is 0 Å². The van der Waals surface area contributed by atoms with Gasteiger partial charge in [0.05, 0.1) is 12.1 Å². The number of hydrogen-bond donors (Lipinski definition) is 3. The average Bonchev–Trinajstić information content (AvgIpc) is 2.27. The van der Waals surface area contributed by atoms with Gasteiger partial charge in [-0.2, -0.15) is 31.0 Å². The van der Waals surface area contributed by atoms with Gasteiger partial charge in [-0.25, -0.2) is 0 Å². The summed E-state index contributed by atoms with van der Waals surface area (Å²) in [5, 5.41) is 9.20. The number of halogens is 3. The van der Waals surface area contributed by atoms with Gasteiger partial charge in [0, 0.05) is 13.2 Å². The summed E-state index contributed by atoms with van der Waals surface area (Å²) in [7, 11) is -4.32. The Hall–Kier alpha value is -0.420. The van der Waals surface area contributed by atoms with Crippen LogP contribution in [0.4, 0.5) is 13.2 Å². The fourth-order valence-electron chi connectivity index (χ4n) is 1.55. The van der Waals surface area contributed by atoms with Gasteiger partial charge in [-0.15, -0.1) is 0 Å². The Balaban J connectivity index is 2.62. The molecule has 108 valence electrons. The lowest BCUT2D eigenvalue weighted by atomic mass is 9.93. The molecule has 0 aromatic rings. The van der Waals surface area contributed by atoms with Gasteiger partial charge in [0.15, 0.2) is 0 Å². The zero-order valence-corrected chi connectivity index (χ0v) is 10.3. The van der Waals surface area contributed by atoms with Crippen molar-refractivity contribution in [2.75, 3.05) is 26.4 Å². The molecular weight excluding hydrogens is 277 g/mol. The number of aliphatic hydroxyl groups excluding tert-OH is 1. The third-order valence-corrected chi connectivity index (χ3v) is 3.79. The molecule has 1 rings (SSSR count). The minimum Gasteiger partial charge on any atom is -0.394 e. The summed E-state index contributed by atoms with van der Waals surface area (Å²) in [5.74, 6) is 0. The Kier molecular flexibility index (Phi) is 4.95. The van der Waals surface area contributed by atoms with E-state index in [-0.39, 0.29) is 26.1 Å². The molecule has 0 atom stereocenters. The summed E-state index contributed by atoms with van der Waals surface area (Å²) in [6.45, 7) is -1.67. The molecule has 1 fully saturated rings. The molecule has 0 aromatic carbocycles. The number of ether oxygens (including phenoxy) is 1. The van der Waals surface area contributed by atoms with E-state index in [9.17, 15) is 26.7 Å². The minimum atomic E-state index is -4.63. The van der Waals surface area contributed by atoms with Crippen LogP contribution in [0.15, 0.2) is 0 Å². The molecule has 10 heteroatoms. The van der Waals surface area contributed by atoms with Gasteiger partial charge < -0.3 is 9.84 Å². The molecule has 1 aliphatic rings. The van der Waals surface area contributed by atoms with Crippen LogP contribution in [0.5, 0.6) is 0 Å². The zero-order chi connectivity index (χ0) is 13.9. The zero-order valence-electron chi connectivity index (χ0n) is 9.46. The quantitative estimate of drug-likeness (QED) is 0.638. The Morgan fingerprint density at radius 1 is 1.28 bits per heavy atom. The first-order valence-electron chi connectivity index (χ1n) is 5.22. The Labute approximate surface area is 103 Å².